The van der Waals surface area contributed by atoms with Gasteiger partial charge in [-0.25, -0.2) is 22.8 Å². The Balaban J connectivity index is 1.90. The Hall–Kier alpha value is -2.55. The Morgan fingerprint density at radius 1 is 1.26 bits per heavy atom. The lowest BCUT2D eigenvalue weighted by Crippen LogP contribution is -2.32. The lowest BCUT2D eigenvalue weighted by molar-refractivity contribution is -0.117. The van der Waals surface area contributed by atoms with E-state index in [1.807, 2.05) is 0 Å². The largest absolute Gasteiger partial charge is 0.481 e. The molecule has 0 bridgehead atoms. The number of aromatic nitrogens is 2. The Morgan fingerprint density at radius 2 is 2.00 bits per heavy atom. The van der Waals surface area contributed by atoms with E-state index in [-0.39, 0.29) is 16.8 Å². The molecular weight excluding hydrogens is 373 g/mol. The molecule has 9 heteroatoms. The molecule has 2 aliphatic rings. The van der Waals surface area contributed by atoms with Crippen molar-refractivity contribution in [2.24, 2.45) is 0 Å². The molecule has 7 nitrogen and oxygen atoms in total. The predicted molar refractivity (Wildman–Crippen MR) is 95.8 cm³/mol. The number of amides is 1. The molecule has 0 unspecified atom stereocenters. The third kappa shape index (κ3) is 2.86. The third-order valence-electron chi connectivity index (χ3n) is 4.74. The van der Waals surface area contributed by atoms with Gasteiger partial charge in [0.1, 0.15) is 17.2 Å². The summed E-state index contributed by atoms with van der Waals surface area (Å²) in [6.45, 7) is 3.96. The summed E-state index contributed by atoms with van der Waals surface area (Å²) in [5.74, 6) is -0.268. The smallest absolute Gasteiger partial charge is 0.247 e. The molecule has 0 radical (unpaired) electrons. The number of carbonyl (C=O) groups excluding carboxylic acids is 1. The molecule has 0 atom stereocenters. The molecule has 0 N–H and O–H groups in total. The maximum Gasteiger partial charge on any atom is 0.247 e. The van der Waals surface area contributed by atoms with Gasteiger partial charge >= 0.3 is 0 Å². The van der Waals surface area contributed by atoms with Gasteiger partial charge in [0.15, 0.2) is 0 Å². The van der Waals surface area contributed by atoms with Crippen molar-refractivity contribution < 1.29 is 22.3 Å². The summed E-state index contributed by atoms with van der Waals surface area (Å²) < 4.78 is 44.4. The molecule has 1 fully saturated rings. The minimum atomic E-state index is -3.59. The van der Waals surface area contributed by atoms with Crippen molar-refractivity contribution in [1.29, 1.82) is 0 Å². The Morgan fingerprint density at radius 3 is 2.63 bits per heavy atom. The van der Waals surface area contributed by atoms with Crippen LogP contribution in [0.1, 0.15) is 32.4 Å². The molecule has 2 aromatic rings. The van der Waals surface area contributed by atoms with E-state index in [0.29, 0.717) is 42.0 Å². The van der Waals surface area contributed by atoms with E-state index < -0.39 is 21.3 Å². The number of anilines is 1. The molecule has 0 aliphatic carbocycles. The molecule has 0 spiro atoms. The van der Waals surface area contributed by atoms with Crippen molar-refractivity contribution in [2.75, 3.05) is 17.7 Å². The predicted octanol–water partition coefficient (Wildman–Crippen LogP) is 2.44. The number of rotatable bonds is 2. The topological polar surface area (TPSA) is 89.5 Å². The summed E-state index contributed by atoms with van der Waals surface area (Å²) in [6, 6.07) is 2.80. The summed E-state index contributed by atoms with van der Waals surface area (Å²) in [4.78, 5) is 21.5. The van der Waals surface area contributed by atoms with Crippen molar-refractivity contribution >= 4 is 21.4 Å². The van der Waals surface area contributed by atoms with E-state index in [0.717, 1.165) is 6.26 Å². The van der Waals surface area contributed by atoms with Crippen molar-refractivity contribution in [1.82, 2.24) is 9.97 Å². The fraction of sp³-hybridized carbons (Fsp3) is 0.389. The minimum absolute atomic E-state index is 0.120. The molecule has 1 amide bonds. The van der Waals surface area contributed by atoms with Crippen LogP contribution in [0.2, 0.25) is 0 Å². The van der Waals surface area contributed by atoms with Crippen LogP contribution in [0.4, 0.5) is 10.1 Å². The number of carbonyl (C=O) groups is 1. The van der Waals surface area contributed by atoms with Crippen LogP contribution in [0.15, 0.2) is 23.5 Å². The lowest BCUT2D eigenvalue weighted by Gasteiger charge is -2.34. The van der Waals surface area contributed by atoms with Gasteiger partial charge in [-0.2, -0.15) is 0 Å². The highest BCUT2D eigenvalue weighted by atomic mass is 32.2. The van der Waals surface area contributed by atoms with E-state index in [9.17, 15) is 17.6 Å². The van der Waals surface area contributed by atoms with Gasteiger partial charge in [-0.15, -0.1) is 0 Å². The van der Waals surface area contributed by atoms with E-state index in [2.05, 4.69) is 9.97 Å². The molecule has 3 heterocycles. The molecular formula is C18H18FN3O4S. The highest BCUT2D eigenvalue weighted by Gasteiger charge is 2.37. The standard InChI is InChI=1S/C18H18FN3O4S/c1-18(2)16-11(9-20-17(21-16)27(3,24)25)10-7-12(19)13(8-14(10)26-18)22-6-4-5-15(22)23/h7-9H,4-6H2,1-3H3. The van der Waals surface area contributed by atoms with E-state index in [1.165, 1.54) is 23.2 Å². The van der Waals surface area contributed by atoms with E-state index >= 15 is 0 Å². The van der Waals surface area contributed by atoms with Crippen molar-refractivity contribution in [2.45, 2.75) is 37.4 Å². The van der Waals surface area contributed by atoms with Crippen LogP contribution in [0.25, 0.3) is 11.1 Å². The van der Waals surface area contributed by atoms with Crippen LogP contribution < -0.4 is 9.64 Å². The van der Waals surface area contributed by atoms with Crippen LogP contribution in [0.5, 0.6) is 5.75 Å². The third-order valence-corrected chi connectivity index (χ3v) is 5.60. The number of ether oxygens (including phenoxy) is 1. The van der Waals surface area contributed by atoms with Crippen molar-refractivity contribution in [3.05, 3.63) is 29.8 Å². The fourth-order valence-electron chi connectivity index (χ4n) is 3.47. The SMILES string of the molecule is CC1(C)Oc2cc(N3CCCC3=O)c(F)cc2-c2cnc(S(C)(=O)=O)nc21. The Bertz CT molecular complexity index is 1080. The molecule has 27 heavy (non-hydrogen) atoms. The molecule has 0 saturated carbocycles. The van der Waals surface area contributed by atoms with Crippen LogP contribution in [-0.4, -0.2) is 37.1 Å². The molecule has 2 aliphatic heterocycles. The number of halogens is 1. The lowest BCUT2D eigenvalue weighted by atomic mass is 9.91. The summed E-state index contributed by atoms with van der Waals surface area (Å²) >= 11 is 0. The number of benzene rings is 1. The zero-order valence-corrected chi connectivity index (χ0v) is 15.9. The van der Waals surface area contributed by atoms with Gasteiger partial charge in [-0.1, -0.05) is 0 Å². The van der Waals surface area contributed by atoms with Crippen LogP contribution in [-0.2, 0) is 20.2 Å². The average molecular weight is 391 g/mol. The monoisotopic (exact) mass is 391 g/mol. The fourth-order valence-corrected chi connectivity index (χ4v) is 3.97. The Labute approximate surface area is 156 Å². The van der Waals surface area contributed by atoms with Gasteiger partial charge in [0.2, 0.25) is 20.9 Å². The second kappa shape index (κ2) is 5.72. The van der Waals surface area contributed by atoms with Crippen LogP contribution in [0.3, 0.4) is 0 Å². The highest BCUT2D eigenvalue weighted by molar-refractivity contribution is 7.90. The van der Waals surface area contributed by atoms with Crippen molar-refractivity contribution in [3.63, 3.8) is 0 Å². The van der Waals surface area contributed by atoms with Gasteiger partial charge in [-0.3, -0.25) is 4.79 Å². The molecule has 4 rings (SSSR count). The van der Waals surface area contributed by atoms with Crippen molar-refractivity contribution in [3.8, 4) is 16.9 Å². The molecule has 1 aromatic carbocycles. The summed E-state index contributed by atoms with van der Waals surface area (Å²) in [5, 5.41) is -0.305. The Kier molecular flexibility index (Phi) is 3.78. The first-order valence-electron chi connectivity index (χ1n) is 8.49. The zero-order chi connectivity index (χ0) is 19.6. The number of hydrogen-bond donors (Lipinski definition) is 0. The second-order valence-corrected chi connectivity index (χ2v) is 9.16. The first-order chi connectivity index (χ1) is 12.6. The zero-order valence-electron chi connectivity index (χ0n) is 15.1. The summed E-state index contributed by atoms with van der Waals surface area (Å²) in [5.41, 5.74) is 0.539. The van der Waals surface area contributed by atoms with Crippen LogP contribution >= 0.6 is 0 Å². The van der Waals surface area contributed by atoms with E-state index in [1.54, 1.807) is 13.8 Å². The first kappa shape index (κ1) is 17.8. The number of fused-ring (bicyclic) bond motifs is 3. The summed E-state index contributed by atoms with van der Waals surface area (Å²) in [6.07, 6.45) is 3.49. The van der Waals surface area contributed by atoms with Crippen LogP contribution in [0, 0.1) is 5.82 Å². The molecule has 142 valence electrons. The maximum atomic E-state index is 14.8. The van der Waals surface area contributed by atoms with Gasteiger partial charge in [-0.05, 0) is 26.3 Å². The van der Waals surface area contributed by atoms with E-state index in [4.69, 9.17) is 4.74 Å². The quantitative estimate of drug-likeness (QED) is 0.731. The summed E-state index contributed by atoms with van der Waals surface area (Å²) in [7, 11) is -3.59. The number of sulfone groups is 1. The molecule has 1 saturated heterocycles. The number of nitrogens with zero attached hydrogens (tertiary/aromatic N) is 3. The average Bonchev–Trinajstić information content (AvgIpc) is 3.00. The minimum Gasteiger partial charge on any atom is -0.481 e. The maximum absolute atomic E-state index is 14.8. The van der Waals surface area contributed by atoms with Gasteiger partial charge < -0.3 is 9.64 Å². The number of hydrogen-bond acceptors (Lipinski definition) is 6. The highest BCUT2D eigenvalue weighted by Crippen LogP contribution is 2.46. The van der Waals surface area contributed by atoms with Gasteiger partial charge in [0.25, 0.3) is 0 Å². The second-order valence-electron chi connectivity index (χ2n) is 7.25. The first-order valence-corrected chi connectivity index (χ1v) is 10.4. The van der Waals surface area contributed by atoms with Gasteiger partial charge in [0, 0.05) is 42.6 Å². The molecule has 1 aromatic heterocycles. The normalized spacial score (nSPS) is 18.1. The van der Waals surface area contributed by atoms with Gasteiger partial charge in [0.05, 0.1) is 11.4 Å².